The summed E-state index contributed by atoms with van der Waals surface area (Å²) in [5.41, 5.74) is 1.84. The van der Waals surface area contributed by atoms with Crippen molar-refractivity contribution in [1.82, 2.24) is 20.1 Å². The van der Waals surface area contributed by atoms with Crippen molar-refractivity contribution in [3.63, 3.8) is 0 Å². The van der Waals surface area contributed by atoms with Crippen LogP contribution in [0.5, 0.6) is 0 Å². The van der Waals surface area contributed by atoms with Gasteiger partial charge in [-0.2, -0.15) is 5.10 Å². The quantitative estimate of drug-likeness (QED) is 0.722. The fourth-order valence-electron chi connectivity index (χ4n) is 2.31. The maximum atomic E-state index is 12.1. The Morgan fingerprint density at radius 2 is 2.25 bits per heavy atom. The van der Waals surface area contributed by atoms with E-state index in [1.807, 2.05) is 53.5 Å². The molecule has 1 aromatic carbocycles. The van der Waals surface area contributed by atoms with E-state index >= 15 is 0 Å². The van der Waals surface area contributed by atoms with Gasteiger partial charge < -0.3 is 10.6 Å². The van der Waals surface area contributed by atoms with Crippen LogP contribution in [0, 0.1) is 0 Å². The van der Waals surface area contributed by atoms with Gasteiger partial charge in [0.25, 0.3) is 0 Å². The fourth-order valence-corrected chi connectivity index (χ4v) is 3.01. The zero-order valence-electron chi connectivity index (χ0n) is 13.3. The molecule has 0 aliphatic rings. The summed E-state index contributed by atoms with van der Waals surface area (Å²) < 4.78 is 1.84. The van der Waals surface area contributed by atoms with E-state index in [9.17, 15) is 4.79 Å². The number of benzene rings is 1. The van der Waals surface area contributed by atoms with E-state index in [-0.39, 0.29) is 11.9 Å². The normalized spacial score (nSPS) is 11.9. The lowest BCUT2D eigenvalue weighted by Gasteiger charge is -2.12. The molecule has 0 aliphatic heterocycles. The number of aromatic nitrogens is 3. The van der Waals surface area contributed by atoms with Crippen molar-refractivity contribution in [2.75, 3.05) is 11.9 Å². The van der Waals surface area contributed by atoms with Gasteiger partial charge in [-0.05, 0) is 23.8 Å². The molecule has 2 amide bonds. The minimum absolute atomic E-state index is 0.196. The van der Waals surface area contributed by atoms with Gasteiger partial charge in [0.1, 0.15) is 0 Å². The first-order valence-corrected chi connectivity index (χ1v) is 8.59. The maximum absolute atomic E-state index is 12.1. The number of rotatable bonds is 6. The number of nitrogens with zero attached hydrogens (tertiary/aromatic N) is 3. The van der Waals surface area contributed by atoms with Gasteiger partial charge >= 0.3 is 6.03 Å². The smallest absolute Gasteiger partial charge is 0.319 e. The molecule has 1 atom stereocenters. The molecule has 3 rings (SSSR count). The van der Waals surface area contributed by atoms with Gasteiger partial charge in [0.15, 0.2) is 0 Å². The molecular formula is C17H19N5OS. The van der Waals surface area contributed by atoms with E-state index in [1.54, 1.807) is 23.7 Å². The molecule has 0 saturated heterocycles. The third kappa shape index (κ3) is 4.42. The highest BCUT2D eigenvalue weighted by molar-refractivity contribution is 7.09. The van der Waals surface area contributed by atoms with E-state index in [1.165, 1.54) is 0 Å². The van der Waals surface area contributed by atoms with Crippen LogP contribution in [-0.4, -0.2) is 27.3 Å². The Kier molecular flexibility index (Phi) is 5.22. The van der Waals surface area contributed by atoms with Gasteiger partial charge in [-0.3, -0.25) is 4.68 Å². The molecule has 0 fully saturated rings. The summed E-state index contributed by atoms with van der Waals surface area (Å²) in [6.07, 6.45) is 5.44. The SMILES string of the molecule is C[C@@H](CNC(=O)Nc1cccc(Cn2cccn2)c1)c1nccs1. The lowest BCUT2D eigenvalue weighted by Crippen LogP contribution is -2.31. The molecule has 2 N–H and O–H groups in total. The highest BCUT2D eigenvalue weighted by atomic mass is 32.1. The van der Waals surface area contributed by atoms with Gasteiger partial charge in [-0.1, -0.05) is 19.1 Å². The molecule has 0 radical (unpaired) electrons. The first kappa shape index (κ1) is 16.2. The highest BCUT2D eigenvalue weighted by Gasteiger charge is 2.10. The lowest BCUT2D eigenvalue weighted by atomic mass is 10.2. The number of nitrogens with one attached hydrogen (secondary N) is 2. The van der Waals surface area contributed by atoms with Gasteiger partial charge in [-0.15, -0.1) is 11.3 Å². The van der Waals surface area contributed by atoms with Crippen LogP contribution >= 0.6 is 11.3 Å². The van der Waals surface area contributed by atoms with Crippen LogP contribution in [0.2, 0.25) is 0 Å². The van der Waals surface area contributed by atoms with E-state index in [0.29, 0.717) is 13.1 Å². The molecule has 6 nitrogen and oxygen atoms in total. The number of carbonyl (C=O) groups excluding carboxylic acids is 1. The van der Waals surface area contributed by atoms with Gasteiger partial charge in [0.2, 0.25) is 0 Å². The summed E-state index contributed by atoms with van der Waals surface area (Å²) in [5.74, 6) is 0.196. The van der Waals surface area contributed by atoms with Crippen LogP contribution in [0.3, 0.4) is 0 Å². The Bertz CT molecular complexity index is 770. The largest absolute Gasteiger partial charge is 0.337 e. The van der Waals surface area contributed by atoms with Crippen LogP contribution in [-0.2, 0) is 6.54 Å². The molecule has 2 aromatic heterocycles. The van der Waals surface area contributed by atoms with Crippen LogP contribution in [0.1, 0.15) is 23.4 Å². The fraction of sp³-hybridized carbons (Fsp3) is 0.235. The summed E-state index contributed by atoms with van der Waals surface area (Å²) >= 11 is 1.60. The van der Waals surface area contributed by atoms with Crippen molar-refractivity contribution in [2.45, 2.75) is 19.4 Å². The Hall–Kier alpha value is -2.67. The number of thiazole rings is 1. The van der Waals surface area contributed by atoms with E-state index in [2.05, 4.69) is 20.7 Å². The monoisotopic (exact) mass is 341 g/mol. The Labute approximate surface area is 144 Å². The second-order valence-corrected chi connectivity index (χ2v) is 6.44. The Morgan fingerprint density at radius 3 is 3.00 bits per heavy atom. The highest BCUT2D eigenvalue weighted by Crippen LogP contribution is 2.16. The number of carbonyl (C=O) groups is 1. The summed E-state index contributed by atoms with van der Waals surface area (Å²) in [5, 5.41) is 12.9. The zero-order valence-corrected chi connectivity index (χ0v) is 14.2. The molecule has 7 heteroatoms. The molecule has 0 aliphatic carbocycles. The summed E-state index contributed by atoms with van der Waals surface area (Å²) in [6, 6.07) is 9.43. The molecule has 3 aromatic rings. The number of urea groups is 1. The van der Waals surface area contributed by atoms with Crippen molar-refractivity contribution in [3.05, 3.63) is 64.9 Å². The lowest BCUT2D eigenvalue weighted by molar-refractivity contribution is 0.251. The second kappa shape index (κ2) is 7.74. The molecule has 0 saturated carbocycles. The van der Waals surface area contributed by atoms with Crippen molar-refractivity contribution >= 4 is 23.1 Å². The molecule has 0 spiro atoms. The van der Waals surface area contributed by atoms with E-state index in [4.69, 9.17) is 0 Å². The van der Waals surface area contributed by atoms with Gasteiger partial charge in [0.05, 0.1) is 11.6 Å². The molecule has 24 heavy (non-hydrogen) atoms. The predicted molar refractivity (Wildman–Crippen MR) is 95.3 cm³/mol. The van der Waals surface area contributed by atoms with Crippen LogP contribution in [0.4, 0.5) is 10.5 Å². The average Bonchev–Trinajstić information content (AvgIpc) is 3.26. The van der Waals surface area contributed by atoms with Crippen molar-refractivity contribution in [3.8, 4) is 0 Å². The average molecular weight is 341 g/mol. The molecule has 2 heterocycles. The van der Waals surface area contributed by atoms with Crippen molar-refractivity contribution in [2.24, 2.45) is 0 Å². The number of hydrogen-bond donors (Lipinski definition) is 2. The van der Waals surface area contributed by atoms with Crippen molar-refractivity contribution in [1.29, 1.82) is 0 Å². The third-order valence-electron chi connectivity index (χ3n) is 3.53. The summed E-state index contributed by atoms with van der Waals surface area (Å²) in [7, 11) is 0. The number of amides is 2. The van der Waals surface area contributed by atoms with E-state index in [0.717, 1.165) is 16.3 Å². The standard InChI is InChI=1S/C17H19N5OS/c1-13(16-18-7-9-24-16)11-19-17(23)21-15-5-2-4-14(10-15)12-22-8-3-6-20-22/h2-10,13H,11-12H2,1H3,(H2,19,21,23)/t13-/m0/s1. The molecule has 124 valence electrons. The predicted octanol–water partition coefficient (Wildman–Crippen LogP) is 3.31. The minimum atomic E-state index is -0.213. The van der Waals surface area contributed by atoms with Gasteiger partial charge in [-0.25, -0.2) is 9.78 Å². The van der Waals surface area contributed by atoms with Gasteiger partial charge in [0, 0.05) is 42.1 Å². The molecule has 0 bridgehead atoms. The zero-order chi connectivity index (χ0) is 16.8. The molecular weight excluding hydrogens is 322 g/mol. The first-order chi connectivity index (χ1) is 11.7. The van der Waals surface area contributed by atoms with Crippen molar-refractivity contribution < 1.29 is 4.79 Å². The topological polar surface area (TPSA) is 71.8 Å². The Balaban J connectivity index is 1.52. The minimum Gasteiger partial charge on any atom is -0.337 e. The second-order valence-electron chi connectivity index (χ2n) is 5.51. The van der Waals surface area contributed by atoms with Crippen LogP contribution in [0.25, 0.3) is 0 Å². The number of hydrogen-bond acceptors (Lipinski definition) is 4. The first-order valence-electron chi connectivity index (χ1n) is 7.71. The van der Waals surface area contributed by atoms with Crippen LogP contribution in [0.15, 0.2) is 54.3 Å². The summed E-state index contributed by atoms with van der Waals surface area (Å²) in [6.45, 7) is 3.27. The number of anilines is 1. The third-order valence-corrected chi connectivity index (χ3v) is 4.54. The Morgan fingerprint density at radius 1 is 1.33 bits per heavy atom. The maximum Gasteiger partial charge on any atom is 0.319 e. The summed E-state index contributed by atoms with van der Waals surface area (Å²) in [4.78, 5) is 16.3. The van der Waals surface area contributed by atoms with Crippen LogP contribution < -0.4 is 10.6 Å². The molecule has 0 unspecified atom stereocenters. The van der Waals surface area contributed by atoms with E-state index < -0.39 is 0 Å².